The Kier molecular flexibility index (Phi) is 5.14. The molecule has 2 heterocycles. The van der Waals surface area contributed by atoms with Crippen molar-refractivity contribution >= 4 is 5.91 Å². The van der Waals surface area contributed by atoms with Crippen LogP contribution in [0.5, 0.6) is 0 Å². The summed E-state index contributed by atoms with van der Waals surface area (Å²) in [5, 5.41) is 8.11. The van der Waals surface area contributed by atoms with E-state index in [9.17, 15) is 4.79 Å². The third-order valence-corrected chi connectivity index (χ3v) is 3.31. The molecule has 1 amide bonds. The number of carbonyl (C=O) groups excluding carboxylic acids is 1. The molecule has 0 aliphatic heterocycles. The first-order valence-corrected chi connectivity index (χ1v) is 7.23. The molecular weight excluding hydrogens is 268 g/mol. The maximum atomic E-state index is 12.1. The Morgan fingerprint density at radius 3 is 2.90 bits per heavy atom. The smallest absolute Gasteiger partial charge is 0.222 e. The van der Waals surface area contributed by atoms with Crippen molar-refractivity contribution in [2.24, 2.45) is 0 Å². The van der Waals surface area contributed by atoms with Crippen LogP contribution in [0, 0.1) is 0 Å². The molecule has 0 aliphatic carbocycles. The predicted octanol–water partition coefficient (Wildman–Crippen LogP) is 2.43. The quantitative estimate of drug-likeness (QED) is 0.785. The second kappa shape index (κ2) is 7.06. The molecule has 0 N–H and O–H groups in total. The van der Waals surface area contributed by atoms with E-state index in [-0.39, 0.29) is 5.91 Å². The molecule has 6 heteroatoms. The van der Waals surface area contributed by atoms with Gasteiger partial charge in [0.05, 0.1) is 6.54 Å². The molecule has 0 aliphatic rings. The van der Waals surface area contributed by atoms with Crippen molar-refractivity contribution in [3.63, 3.8) is 0 Å². The highest BCUT2D eigenvalue weighted by Gasteiger charge is 2.13. The summed E-state index contributed by atoms with van der Waals surface area (Å²) in [6.07, 6.45) is 4.92. The highest BCUT2D eigenvalue weighted by Crippen LogP contribution is 2.16. The van der Waals surface area contributed by atoms with Crippen LogP contribution in [-0.2, 0) is 17.9 Å². The molecule has 2 rings (SSSR count). The van der Waals surface area contributed by atoms with Crippen LogP contribution < -0.4 is 0 Å². The SMILES string of the molecule is CC(C)c1cc(CN(C)C(=O)CCCn2cccn2)no1. The molecule has 0 fully saturated rings. The lowest BCUT2D eigenvalue weighted by molar-refractivity contribution is -0.130. The molecule has 0 spiro atoms. The summed E-state index contributed by atoms with van der Waals surface area (Å²) in [7, 11) is 1.79. The van der Waals surface area contributed by atoms with Crippen molar-refractivity contribution in [1.29, 1.82) is 0 Å². The van der Waals surface area contributed by atoms with Crippen LogP contribution in [0.3, 0.4) is 0 Å². The van der Waals surface area contributed by atoms with Crippen LogP contribution >= 0.6 is 0 Å². The van der Waals surface area contributed by atoms with Crippen LogP contribution in [0.4, 0.5) is 0 Å². The lowest BCUT2D eigenvalue weighted by Crippen LogP contribution is -2.26. The van der Waals surface area contributed by atoms with Gasteiger partial charge in [0.25, 0.3) is 0 Å². The average Bonchev–Trinajstić information content (AvgIpc) is 3.09. The molecule has 6 nitrogen and oxygen atoms in total. The molecule has 2 aromatic rings. The molecule has 0 aromatic carbocycles. The highest BCUT2D eigenvalue weighted by molar-refractivity contribution is 5.75. The standard InChI is InChI=1S/C15H22N4O2/c1-12(2)14-10-13(17-21-14)11-18(3)15(20)6-4-8-19-9-5-7-16-19/h5,7,9-10,12H,4,6,8,11H2,1-3H3. The molecule has 0 unspecified atom stereocenters. The van der Waals surface area contributed by atoms with Gasteiger partial charge in [-0.15, -0.1) is 0 Å². The monoisotopic (exact) mass is 290 g/mol. The van der Waals surface area contributed by atoms with Gasteiger partial charge >= 0.3 is 0 Å². The van der Waals surface area contributed by atoms with E-state index in [0.717, 1.165) is 24.4 Å². The minimum atomic E-state index is 0.108. The lowest BCUT2D eigenvalue weighted by Gasteiger charge is -2.15. The molecule has 21 heavy (non-hydrogen) atoms. The maximum absolute atomic E-state index is 12.1. The fourth-order valence-electron chi connectivity index (χ4n) is 2.02. The Hall–Kier alpha value is -2.11. The Balaban J connectivity index is 1.76. The number of nitrogens with zero attached hydrogens (tertiary/aromatic N) is 4. The first kappa shape index (κ1) is 15.3. The van der Waals surface area contributed by atoms with E-state index in [4.69, 9.17) is 4.52 Å². The third-order valence-electron chi connectivity index (χ3n) is 3.31. The molecule has 2 aromatic heterocycles. The number of rotatable bonds is 7. The van der Waals surface area contributed by atoms with Crippen LogP contribution in [0.2, 0.25) is 0 Å². The summed E-state index contributed by atoms with van der Waals surface area (Å²) < 4.78 is 7.07. The first-order valence-electron chi connectivity index (χ1n) is 7.23. The van der Waals surface area contributed by atoms with Gasteiger partial charge in [-0.3, -0.25) is 9.48 Å². The van der Waals surface area contributed by atoms with Crippen molar-refractivity contribution in [2.45, 2.75) is 45.7 Å². The van der Waals surface area contributed by atoms with Gasteiger partial charge in [-0.1, -0.05) is 19.0 Å². The Bertz CT molecular complexity index is 560. The lowest BCUT2D eigenvalue weighted by atomic mass is 10.1. The minimum Gasteiger partial charge on any atom is -0.361 e. The summed E-state index contributed by atoms with van der Waals surface area (Å²) in [6.45, 7) is 5.34. The average molecular weight is 290 g/mol. The van der Waals surface area contributed by atoms with Crippen LogP contribution in [0.25, 0.3) is 0 Å². The summed E-state index contributed by atoms with van der Waals surface area (Å²) in [4.78, 5) is 13.7. The van der Waals surface area contributed by atoms with Crippen molar-refractivity contribution < 1.29 is 9.32 Å². The topological polar surface area (TPSA) is 64.2 Å². The zero-order valence-electron chi connectivity index (χ0n) is 12.8. The van der Waals surface area contributed by atoms with Crippen molar-refractivity contribution in [3.8, 4) is 0 Å². The van der Waals surface area contributed by atoms with E-state index in [2.05, 4.69) is 24.1 Å². The van der Waals surface area contributed by atoms with Gasteiger partial charge in [0.1, 0.15) is 11.5 Å². The van der Waals surface area contributed by atoms with Crippen LogP contribution in [0.15, 0.2) is 29.0 Å². The van der Waals surface area contributed by atoms with E-state index < -0.39 is 0 Å². The van der Waals surface area contributed by atoms with Crippen molar-refractivity contribution in [2.75, 3.05) is 7.05 Å². The summed E-state index contributed by atoms with van der Waals surface area (Å²) in [5.41, 5.74) is 0.793. The van der Waals surface area contributed by atoms with E-state index >= 15 is 0 Å². The predicted molar refractivity (Wildman–Crippen MR) is 78.5 cm³/mol. The molecule has 0 bridgehead atoms. The van der Waals surface area contributed by atoms with E-state index in [1.807, 2.05) is 23.0 Å². The second-order valence-electron chi connectivity index (χ2n) is 5.50. The fourth-order valence-corrected chi connectivity index (χ4v) is 2.02. The minimum absolute atomic E-state index is 0.108. The summed E-state index contributed by atoms with van der Waals surface area (Å²) >= 11 is 0. The highest BCUT2D eigenvalue weighted by atomic mass is 16.5. The number of carbonyl (C=O) groups is 1. The number of hydrogen-bond acceptors (Lipinski definition) is 4. The summed E-state index contributed by atoms with van der Waals surface area (Å²) in [6, 6.07) is 3.79. The van der Waals surface area contributed by atoms with Crippen molar-refractivity contribution in [3.05, 3.63) is 36.0 Å². The second-order valence-corrected chi connectivity index (χ2v) is 5.50. The van der Waals surface area contributed by atoms with Crippen LogP contribution in [-0.4, -0.2) is 32.8 Å². The van der Waals surface area contributed by atoms with E-state index in [1.165, 1.54) is 0 Å². The molecule has 0 atom stereocenters. The molecule has 0 radical (unpaired) electrons. The van der Waals surface area contributed by atoms with Gasteiger partial charge in [0, 0.05) is 44.4 Å². The number of hydrogen-bond donors (Lipinski definition) is 0. The van der Waals surface area contributed by atoms with E-state index in [0.29, 0.717) is 18.9 Å². The molecular formula is C15H22N4O2. The largest absolute Gasteiger partial charge is 0.361 e. The normalized spacial score (nSPS) is 11.0. The Labute approximate surface area is 124 Å². The Morgan fingerprint density at radius 1 is 1.48 bits per heavy atom. The number of amides is 1. The van der Waals surface area contributed by atoms with Gasteiger partial charge in [0.15, 0.2) is 0 Å². The number of aromatic nitrogens is 3. The molecule has 0 saturated carbocycles. The van der Waals surface area contributed by atoms with E-state index in [1.54, 1.807) is 18.1 Å². The molecule has 114 valence electrons. The van der Waals surface area contributed by atoms with Gasteiger partial charge in [-0.25, -0.2) is 0 Å². The zero-order chi connectivity index (χ0) is 15.2. The third kappa shape index (κ3) is 4.44. The van der Waals surface area contributed by atoms with Crippen molar-refractivity contribution in [1.82, 2.24) is 19.8 Å². The summed E-state index contributed by atoms with van der Waals surface area (Å²) in [5.74, 6) is 1.27. The van der Waals surface area contributed by atoms with Gasteiger partial charge < -0.3 is 9.42 Å². The Morgan fingerprint density at radius 2 is 2.29 bits per heavy atom. The van der Waals surface area contributed by atoms with Gasteiger partial charge in [-0.2, -0.15) is 5.10 Å². The fraction of sp³-hybridized carbons (Fsp3) is 0.533. The maximum Gasteiger partial charge on any atom is 0.222 e. The first-order chi connectivity index (χ1) is 10.1. The number of aryl methyl sites for hydroxylation is 1. The molecule has 0 saturated heterocycles. The van der Waals surface area contributed by atoms with Gasteiger partial charge in [-0.05, 0) is 12.5 Å². The zero-order valence-corrected chi connectivity index (χ0v) is 12.8. The van der Waals surface area contributed by atoms with Crippen LogP contribution in [0.1, 0.15) is 44.1 Å². The van der Waals surface area contributed by atoms with Gasteiger partial charge in [0.2, 0.25) is 5.91 Å².